The molecule has 3 nitrogen and oxygen atoms in total. The monoisotopic (exact) mass is 208 g/mol. The highest BCUT2D eigenvalue weighted by atomic mass is 16.3. The zero-order chi connectivity index (χ0) is 10.8. The molecular weight excluding hydrogens is 188 g/mol. The zero-order valence-corrected chi connectivity index (χ0v) is 9.73. The molecule has 0 radical (unpaired) electrons. The molecule has 3 atom stereocenters. The van der Waals surface area contributed by atoms with E-state index in [1.807, 2.05) is 12.3 Å². The summed E-state index contributed by atoms with van der Waals surface area (Å²) in [5, 5.41) is 3.64. The van der Waals surface area contributed by atoms with Crippen molar-refractivity contribution in [2.75, 3.05) is 13.6 Å². The maximum absolute atomic E-state index is 5.09. The molecule has 0 bridgehead atoms. The maximum atomic E-state index is 5.09. The van der Waals surface area contributed by atoms with Gasteiger partial charge in [-0.15, -0.1) is 0 Å². The Hall–Kier alpha value is -0.800. The Kier molecular flexibility index (Phi) is 3.12. The fraction of sp³-hybridized carbons (Fsp3) is 0.667. The third-order valence-electron chi connectivity index (χ3n) is 3.42. The number of hydrogen-bond acceptors (Lipinski definition) is 3. The second kappa shape index (κ2) is 4.37. The maximum Gasteiger partial charge on any atom is 0.0950 e. The third-order valence-corrected chi connectivity index (χ3v) is 3.42. The topological polar surface area (TPSA) is 28.4 Å². The molecule has 0 spiro atoms. The molecule has 3 heteroatoms. The Bertz CT molecular complexity index is 287. The lowest BCUT2D eigenvalue weighted by molar-refractivity contribution is 0.325. The minimum absolute atomic E-state index is 0.382. The first kappa shape index (κ1) is 10.7. The molecule has 1 fully saturated rings. The summed E-state index contributed by atoms with van der Waals surface area (Å²) in [4.78, 5) is 2.40. The van der Waals surface area contributed by atoms with Crippen molar-refractivity contribution < 1.29 is 4.42 Å². The zero-order valence-electron chi connectivity index (χ0n) is 9.73. The van der Waals surface area contributed by atoms with Crippen molar-refractivity contribution >= 4 is 0 Å². The van der Waals surface area contributed by atoms with Gasteiger partial charge in [0, 0.05) is 30.2 Å². The van der Waals surface area contributed by atoms with Gasteiger partial charge < -0.3 is 14.6 Å². The summed E-state index contributed by atoms with van der Waals surface area (Å²) >= 11 is 0. The van der Waals surface area contributed by atoms with Gasteiger partial charge in [0.25, 0.3) is 0 Å². The Morgan fingerprint density at radius 2 is 2.40 bits per heavy atom. The average Bonchev–Trinajstić information content (AvgIpc) is 2.77. The molecule has 15 heavy (non-hydrogen) atoms. The van der Waals surface area contributed by atoms with E-state index in [4.69, 9.17) is 4.42 Å². The smallest absolute Gasteiger partial charge is 0.0950 e. The fourth-order valence-electron chi connectivity index (χ4n) is 2.29. The fourth-order valence-corrected chi connectivity index (χ4v) is 2.29. The summed E-state index contributed by atoms with van der Waals surface area (Å²) < 4.78 is 5.09. The van der Waals surface area contributed by atoms with Crippen molar-refractivity contribution in [1.82, 2.24) is 10.2 Å². The van der Waals surface area contributed by atoms with Crippen molar-refractivity contribution in [3.63, 3.8) is 0 Å². The van der Waals surface area contributed by atoms with E-state index in [2.05, 4.69) is 31.1 Å². The van der Waals surface area contributed by atoms with Gasteiger partial charge in [0.2, 0.25) is 0 Å². The number of furan rings is 1. The van der Waals surface area contributed by atoms with E-state index < -0.39 is 0 Å². The first-order chi connectivity index (χ1) is 7.16. The van der Waals surface area contributed by atoms with Crippen molar-refractivity contribution in [1.29, 1.82) is 0 Å². The van der Waals surface area contributed by atoms with E-state index in [0.717, 1.165) is 6.54 Å². The predicted molar refractivity (Wildman–Crippen MR) is 60.8 cm³/mol. The molecule has 2 heterocycles. The van der Waals surface area contributed by atoms with Crippen LogP contribution in [0.15, 0.2) is 23.0 Å². The second-order valence-corrected chi connectivity index (χ2v) is 4.67. The van der Waals surface area contributed by atoms with Crippen LogP contribution in [0.5, 0.6) is 0 Å². The van der Waals surface area contributed by atoms with Crippen LogP contribution in [0.1, 0.15) is 31.9 Å². The molecule has 3 unspecified atom stereocenters. The first-order valence-corrected chi connectivity index (χ1v) is 5.65. The Balaban J connectivity index is 1.88. The van der Waals surface area contributed by atoms with Gasteiger partial charge in [0.1, 0.15) is 0 Å². The number of nitrogens with one attached hydrogen (secondary N) is 1. The van der Waals surface area contributed by atoms with Crippen LogP contribution in [0.25, 0.3) is 0 Å². The standard InChI is InChI=1S/C12H20N2O/c1-9-6-12(7-14(9)3)13-10(2)11-4-5-15-8-11/h4-5,8-10,12-13H,6-7H2,1-3H3. The van der Waals surface area contributed by atoms with Crippen LogP contribution in [0, 0.1) is 0 Å². The van der Waals surface area contributed by atoms with Gasteiger partial charge in [-0.2, -0.15) is 0 Å². The molecule has 1 saturated heterocycles. The van der Waals surface area contributed by atoms with Crippen LogP contribution >= 0.6 is 0 Å². The molecule has 0 amide bonds. The van der Waals surface area contributed by atoms with Gasteiger partial charge in [-0.3, -0.25) is 0 Å². The molecule has 1 aromatic heterocycles. The molecule has 84 valence electrons. The molecule has 1 N–H and O–H groups in total. The van der Waals surface area contributed by atoms with Crippen LogP contribution in [-0.4, -0.2) is 30.6 Å². The number of hydrogen-bond donors (Lipinski definition) is 1. The first-order valence-electron chi connectivity index (χ1n) is 5.65. The molecule has 0 aromatic carbocycles. The largest absolute Gasteiger partial charge is 0.472 e. The van der Waals surface area contributed by atoms with E-state index in [0.29, 0.717) is 18.1 Å². The van der Waals surface area contributed by atoms with Gasteiger partial charge in [-0.05, 0) is 33.4 Å². The third kappa shape index (κ3) is 2.41. The molecule has 1 aliphatic rings. The van der Waals surface area contributed by atoms with Gasteiger partial charge >= 0.3 is 0 Å². The number of likely N-dealkylation sites (N-methyl/N-ethyl adjacent to an activating group) is 1. The number of rotatable bonds is 3. The Morgan fingerprint density at radius 3 is 2.93 bits per heavy atom. The van der Waals surface area contributed by atoms with Crippen molar-refractivity contribution in [3.05, 3.63) is 24.2 Å². The predicted octanol–water partition coefficient (Wildman–Crippen LogP) is 2.02. The number of nitrogens with zero attached hydrogens (tertiary/aromatic N) is 1. The van der Waals surface area contributed by atoms with E-state index in [1.54, 1.807) is 6.26 Å². The molecule has 0 aliphatic carbocycles. The summed E-state index contributed by atoms with van der Waals surface area (Å²) in [5.41, 5.74) is 1.23. The van der Waals surface area contributed by atoms with E-state index in [-0.39, 0.29) is 0 Å². The quantitative estimate of drug-likeness (QED) is 0.823. The van der Waals surface area contributed by atoms with Gasteiger partial charge in [0.05, 0.1) is 12.5 Å². The Morgan fingerprint density at radius 1 is 1.60 bits per heavy atom. The lowest BCUT2D eigenvalue weighted by atomic mass is 10.1. The highest BCUT2D eigenvalue weighted by Crippen LogP contribution is 2.19. The minimum Gasteiger partial charge on any atom is -0.472 e. The summed E-state index contributed by atoms with van der Waals surface area (Å²) in [6.07, 6.45) is 4.79. The second-order valence-electron chi connectivity index (χ2n) is 4.67. The van der Waals surface area contributed by atoms with Crippen molar-refractivity contribution in [2.24, 2.45) is 0 Å². The van der Waals surface area contributed by atoms with Crippen molar-refractivity contribution in [3.8, 4) is 0 Å². The van der Waals surface area contributed by atoms with Crippen LogP contribution in [-0.2, 0) is 0 Å². The Labute approximate surface area is 91.4 Å². The summed E-state index contributed by atoms with van der Waals surface area (Å²) in [6, 6.07) is 3.71. The highest BCUT2D eigenvalue weighted by molar-refractivity contribution is 5.10. The molecule has 1 aromatic rings. The van der Waals surface area contributed by atoms with Crippen LogP contribution in [0.3, 0.4) is 0 Å². The van der Waals surface area contributed by atoms with Crippen LogP contribution in [0.4, 0.5) is 0 Å². The summed E-state index contributed by atoms with van der Waals surface area (Å²) in [6.45, 7) is 5.61. The van der Waals surface area contributed by atoms with Crippen LogP contribution < -0.4 is 5.32 Å². The minimum atomic E-state index is 0.382. The number of likely N-dealkylation sites (tertiary alicyclic amines) is 1. The summed E-state index contributed by atoms with van der Waals surface area (Å²) in [5.74, 6) is 0. The summed E-state index contributed by atoms with van der Waals surface area (Å²) in [7, 11) is 2.19. The normalized spacial score (nSPS) is 29.5. The van der Waals surface area contributed by atoms with Gasteiger partial charge in [-0.25, -0.2) is 0 Å². The van der Waals surface area contributed by atoms with Gasteiger partial charge in [-0.1, -0.05) is 0 Å². The molecule has 0 saturated carbocycles. The molecule has 2 rings (SSSR count). The van der Waals surface area contributed by atoms with E-state index >= 15 is 0 Å². The van der Waals surface area contributed by atoms with Crippen molar-refractivity contribution in [2.45, 2.75) is 38.4 Å². The van der Waals surface area contributed by atoms with Crippen LogP contribution in [0.2, 0.25) is 0 Å². The SMILES string of the molecule is CC(NC1CC(C)N(C)C1)c1ccoc1. The lowest BCUT2D eigenvalue weighted by Gasteiger charge is -2.18. The van der Waals surface area contributed by atoms with Gasteiger partial charge in [0.15, 0.2) is 0 Å². The average molecular weight is 208 g/mol. The van der Waals surface area contributed by atoms with E-state index in [1.165, 1.54) is 12.0 Å². The highest BCUT2D eigenvalue weighted by Gasteiger charge is 2.27. The lowest BCUT2D eigenvalue weighted by Crippen LogP contribution is -2.33. The molecular formula is C12H20N2O. The van der Waals surface area contributed by atoms with E-state index in [9.17, 15) is 0 Å². The molecule has 1 aliphatic heterocycles.